The van der Waals surface area contributed by atoms with Crippen LogP contribution in [-0.4, -0.2) is 30.7 Å². The molecule has 0 atom stereocenters. The van der Waals surface area contributed by atoms with Crippen molar-refractivity contribution in [3.63, 3.8) is 0 Å². The Morgan fingerprint density at radius 3 is 0.929 bits per heavy atom. The smallest absolute Gasteiger partial charge is 0.0903 e. The van der Waals surface area contributed by atoms with Gasteiger partial charge in [0.25, 0.3) is 0 Å². The van der Waals surface area contributed by atoms with E-state index in [1.165, 1.54) is 56.3 Å². The molecule has 2 heteroatoms. The lowest BCUT2D eigenvalue weighted by atomic mass is 10.2. The minimum absolute atomic E-state index is 0. The van der Waals surface area contributed by atoms with Crippen LogP contribution < -0.4 is 0 Å². The first-order chi connectivity index (χ1) is 6.24. The van der Waals surface area contributed by atoms with Gasteiger partial charge in [0, 0.05) is 0 Å². The van der Waals surface area contributed by atoms with Gasteiger partial charge in [0.2, 0.25) is 0 Å². The lowest BCUT2D eigenvalue weighted by Crippen LogP contribution is -2.50. The van der Waals surface area contributed by atoms with Gasteiger partial charge in [0.15, 0.2) is 0 Å². The van der Waals surface area contributed by atoms with Crippen LogP contribution in [0.5, 0.6) is 0 Å². The van der Waals surface area contributed by atoms with Crippen molar-refractivity contribution in [2.24, 2.45) is 0 Å². The zero-order valence-electron chi connectivity index (χ0n) is 10.6. The molecule has 0 rings (SSSR count). The number of rotatable bonds is 8. The third-order valence-electron chi connectivity index (χ3n) is 2.79. The molecule has 0 aliphatic carbocycles. The second-order valence-electron chi connectivity index (χ2n) is 4.24. The summed E-state index contributed by atoms with van der Waals surface area (Å²) in [6.45, 7) is 14.8. The predicted octanol–water partition coefficient (Wildman–Crippen LogP) is 2.91. The van der Waals surface area contributed by atoms with Gasteiger partial charge in [-0.3, -0.25) is 0 Å². The molecule has 0 fully saturated rings. The molecule has 0 aromatic carbocycles. The number of hydrogen-bond donors (Lipinski definition) is 0. The molecule has 0 aromatic heterocycles. The van der Waals surface area contributed by atoms with E-state index in [2.05, 4.69) is 27.7 Å². The van der Waals surface area contributed by atoms with Gasteiger partial charge < -0.3 is 4.48 Å². The monoisotopic (exact) mass is 223 g/mol. The van der Waals surface area contributed by atoms with Gasteiger partial charge in [0.1, 0.15) is 0 Å². The van der Waals surface area contributed by atoms with Crippen molar-refractivity contribution >= 4 is 0 Å². The third-order valence-corrected chi connectivity index (χ3v) is 2.79. The van der Waals surface area contributed by atoms with Crippen LogP contribution in [-0.2, 0) is 0 Å². The molecule has 0 aliphatic rings. The van der Waals surface area contributed by atoms with Crippen molar-refractivity contribution in [1.82, 2.24) is 0 Å². The van der Waals surface area contributed by atoms with Crippen molar-refractivity contribution in [3.05, 3.63) is 0 Å². The van der Waals surface area contributed by atoms with Crippen LogP contribution in [0.25, 0.3) is 0 Å². The van der Waals surface area contributed by atoms with Crippen LogP contribution in [0.4, 0.5) is 0 Å². The molecule has 0 radical (unpaired) electrons. The summed E-state index contributed by atoms with van der Waals surface area (Å²) in [4.78, 5) is 0. The molecule has 0 bridgehead atoms. The molecule has 1 nitrogen and oxygen atoms in total. The number of hydrogen-bond acceptors (Lipinski definition) is 0. The van der Waals surface area contributed by atoms with E-state index < -0.39 is 0 Å². The van der Waals surface area contributed by atoms with Gasteiger partial charge >= 0.3 is 0 Å². The average Bonchev–Trinajstić information content (AvgIpc) is 2.06. The van der Waals surface area contributed by atoms with E-state index in [9.17, 15) is 0 Å². The fraction of sp³-hybridized carbons (Fsp3) is 1.00. The Morgan fingerprint density at radius 2 is 0.786 bits per heavy atom. The molecule has 0 amide bonds. The average molecular weight is 224 g/mol. The van der Waals surface area contributed by atoms with E-state index in [1.54, 1.807) is 0 Å². The SMILES string of the molecule is CCC[N+](CCC)(CCC)CCC.[ClH2+]. The molecular formula is C12H30ClN+2. The predicted molar refractivity (Wildman–Crippen MR) is 63.7 cm³/mol. The Labute approximate surface area is 96.9 Å². The summed E-state index contributed by atoms with van der Waals surface area (Å²) >= 11 is 0. The second-order valence-corrected chi connectivity index (χ2v) is 4.24. The largest absolute Gasteiger partial charge is 0.324 e. The molecule has 0 saturated heterocycles. The second kappa shape index (κ2) is 9.79. The van der Waals surface area contributed by atoms with E-state index in [1.807, 2.05) is 0 Å². The first kappa shape index (κ1) is 16.7. The molecule has 0 aliphatic heterocycles. The van der Waals surface area contributed by atoms with Gasteiger partial charge in [-0.05, 0) is 25.7 Å². The highest BCUT2D eigenvalue weighted by Gasteiger charge is 2.22. The molecule has 88 valence electrons. The maximum Gasteiger partial charge on any atom is 0.0903 e. The maximum absolute atomic E-state index is 2.31. The van der Waals surface area contributed by atoms with Crippen LogP contribution in [0.3, 0.4) is 0 Å². The Bertz CT molecular complexity index is 85.4. The van der Waals surface area contributed by atoms with Crippen LogP contribution in [0.1, 0.15) is 53.4 Å². The zero-order valence-corrected chi connectivity index (χ0v) is 11.4. The zero-order chi connectivity index (χ0) is 10.2. The van der Waals surface area contributed by atoms with Gasteiger partial charge in [0.05, 0.1) is 38.6 Å². The lowest BCUT2D eigenvalue weighted by molar-refractivity contribution is -0.928. The molecule has 0 spiro atoms. The molecule has 0 aromatic rings. The van der Waals surface area contributed by atoms with Crippen molar-refractivity contribution in [1.29, 1.82) is 0 Å². The van der Waals surface area contributed by atoms with Crippen molar-refractivity contribution in [3.8, 4) is 0 Å². The van der Waals surface area contributed by atoms with Crippen LogP contribution in [0.15, 0.2) is 0 Å². The van der Waals surface area contributed by atoms with Crippen molar-refractivity contribution in [2.45, 2.75) is 53.4 Å². The van der Waals surface area contributed by atoms with E-state index in [-0.39, 0.29) is 12.4 Å². The molecule has 14 heavy (non-hydrogen) atoms. The minimum Gasteiger partial charge on any atom is -0.324 e. The van der Waals surface area contributed by atoms with Gasteiger partial charge in [-0.25, -0.2) is 0 Å². The third kappa shape index (κ3) is 5.87. The number of nitrogens with zero attached hydrogens (tertiary/aromatic N) is 1. The Balaban J connectivity index is 0. The van der Waals surface area contributed by atoms with Crippen LogP contribution in [0.2, 0.25) is 0 Å². The summed E-state index contributed by atoms with van der Waals surface area (Å²) in [6, 6.07) is 0. The Hall–Kier alpha value is 0.250. The highest BCUT2D eigenvalue weighted by Crippen LogP contribution is 2.12. The highest BCUT2D eigenvalue weighted by molar-refractivity contribution is 4.43. The summed E-state index contributed by atoms with van der Waals surface area (Å²) in [5.74, 6) is 0. The first-order valence-corrected chi connectivity index (χ1v) is 6.09. The van der Waals surface area contributed by atoms with Crippen LogP contribution >= 0.6 is 0 Å². The molecule has 0 heterocycles. The Morgan fingerprint density at radius 1 is 0.571 bits per heavy atom. The summed E-state index contributed by atoms with van der Waals surface area (Å²) in [6.07, 6.45) is 5.33. The van der Waals surface area contributed by atoms with E-state index in [0.717, 1.165) is 0 Å². The van der Waals surface area contributed by atoms with Gasteiger partial charge in [-0.2, -0.15) is 0 Å². The van der Waals surface area contributed by atoms with E-state index >= 15 is 0 Å². The molecule has 0 unspecified atom stereocenters. The Kier molecular flexibility index (Phi) is 11.7. The normalized spacial score (nSPS) is 11.1. The first-order valence-electron chi connectivity index (χ1n) is 6.09. The summed E-state index contributed by atoms with van der Waals surface area (Å²) in [7, 11) is 0. The summed E-state index contributed by atoms with van der Waals surface area (Å²) in [5.41, 5.74) is 0. The van der Waals surface area contributed by atoms with Gasteiger partial charge in [-0.15, -0.1) is 0 Å². The van der Waals surface area contributed by atoms with Gasteiger partial charge in [-0.1, -0.05) is 27.7 Å². The molecule has 0 N–H and O–H groups in total. The quantitative estimate of drug-likeness (QED) is 0.556. The van der Waals surface area contributed by atoms with Crippen molar-refractivity contribution in [2.75, 3.05) is 26.2 Å². The fourth-order valence-corrected chi connectivity index (χ4v) is 2.57. The summed E-state index contributed by atoms with van der Waals surface area (Å²) < 4.78 is 1.38. The number of halogens is 1. The molecule has 0 saturated carbocycles. The fourth-order valence-electron chi connectivity index (χ4n) is 2.57. The number of quaternary nitrogens is 1. The minimum atomic E-state index is 0. The molecular weight excluding hydrogens is 194 g/mol. The standard InChI is InChI=1S/C12H28N.ClH2/c1-5-9-13(10-6-2,11-7-3)12-8-4;/h5-12H2,1-4H3;1H2/q2*+1. The highest BCUT2D eigenvalue weighted by atomic mass is 35.5. The lowest BCUT2D eigenvalue weighted by Gasteiger charge is -2.38. The summed E-state index contributed by atoms with van der Waals surface area (Å²) in [5, 5.41) is 0. The van der Waals surface area contributed by atoms with Crippen molar-refractivity contribution < 1.29 is 16.9 Å². The van der Waals surface area contributed by atoms with Crippen LogP contribution in [0, 0.1) is 12.4 Å². The topological polar surface area (TPSA) is 0 Å². The van der Waals surface area contributed by atoms with E-state index in [0.29, 0.717) is 0 Å². The maximum atomic E-state index is 2.31. The van der Waals surface area contributed by atoms with E-state index in [4.69, 9.17) is 0 Å².